The van der Waals surface area contributed by atoms with Gasteiger partial charge in [-0.3, -0.25) is 4.79 Å². The van der Waals surface area contributed by atoms with Crippen LogP contribution in [0.3, 0.4) is 0 Å². The molecule has 25 heavy (non-hydrogen) atoms. The maximum absolute atomic E-state index is 12.3. The van der Waals surface area contributed by atoms with E-state index < -0.39 is 15.9 Å². The fourth-order valence-electron chi connectivity index (χ4n) is 2.14. The number of thiophene rings is 1. The highest BCUT2D eigenvalue weighted by molar-refractivity contribution is 7.90. The van der Waals surface area contributed by atoms with Crippen molar-refractivity contribution < 1.29 is 17.9 Å². The van der Waals surface area contributed by atoms with Crippen molar-refractivity contribution in [2.75, 3.05) is 12.4 Å². The molecule has 2 aromatic rings. The van der Waals surface area contributed by atoms with Crippen molar-refractivity contribution in [2.24, 2.45) is 5.41 Å². The van der Waals surface area contributed by atoms with Gasteiger partial charge in [-0.1, -0.05) is 27.2 Å². The molecule has 2 rings (SSSR count). The van der Waals surface area contributed by atoms with Gasteiger partial charge in [0.1, 0.15) is 10.6 Å². The number of hydrogen-bond donors (Lipinski definition) is 1. The third kappa shape index (κ3) is 5.15. The molecule has 0 unspecified atom stereocenters. The Kier molecular flexibility index (Phi) is 6.05. The Balaban J connectivity index is 2.15. The summed E-state index contributed by atoms with van der Waals surface area (Å²) in [6.07, 6.45) is 2.97. The van der Waals surface area contributed by atoms with E-state index in [1.54, 1.807) is 18.3 Å². The van der Waals surface area contributed by atoms with Crippen LogP contribution in [0.4, 0.5) is 0 Å². The van der Waals surface area contributed by atoms with E-state index in [1.165, 1.54) is 0 Å². The van der Waals surface area contributed by atoms with E-state index in [1.807, 2.05) is 27.7 Å². The van der Waals surface area contributed by atoms with Gasteiger partial charge in [0.2, 0.25) is 10.0 Å². The molecule has 0 aliphatic heterocycles. The Morgan fingerprint density at radius 3 is 2.72 bits per heavy atom. The lowest BCUT2D eigenvalue weighted by molar-refractivity contribution is 0.0985. The zero-order valence-electron chi connectivity index (χ0n) is 15.0. The van der Waals surface area contributed by atoms with Crippen molar-refractivity contribution in [3.05, 3.63) is 23.2 Å². The number of carbonyl (C=O) groups excluding carboxylic acids is 1. The Bertz CT molecular complexity index is 857. The molecule has 0 bridgehead atoms. The van der Waals surface area contributed by atoms with E-state index >= 15 is 0 Å². The van der Waals surface area contributed by atoms with Crippen LogP contribution >= 0.6 is 11.3 Å². The second-order valence-electron chi connectivity index (χ2n) is 6.59. The summed E-state index contributed by atoms with van der Waals surface area (Å²) in [6.45, 7) is 8.41. The van der Waals surface area contributed by atoms with Gasteiger partial charge < -0.3 is 4.74 Å². The maximum atomic E-state index is 12.3. The molecule has 0 saturated carbocycles. The number of amides is 1. The molecule has 8 heteroatoms. The Hall–Kier alpha value is -1.67. The van der Waals surface area contributed by atoms with Crippen molar-refractivity contribution in [3.8, 4) is 5.75 Å². The lowest BCUT2D eigenvalue weighted by atomic mass is 9.87. The molecule has 6 nitrogen and oxygen atoms in total. The number of hydrogen-bond acceptors (Lipinski definition) is 6. The number of nitrogens with one attached hydrogen (secondary N) is 1. The number of sulfonamides is 1. The standard InChI is InChI=1S/C17H24N2O4S2/c1-5-17(3,4)8-10-25(21,22)19-15(20)14-11-12-13(23-6-2)7-9-18-16(12)24-14/h7,9,11H,5-6,8,10H2,1-4H3,(H,19,20). The molecule has 0 saturated heterocycles. The lowest BCUT2D eigenvalue weighted by Gasteiger charge is -2.22. The predicted octanol–water partition coefficient (Wildman–Crippen LogP) is 3.58. The zero-order valence-corrected chi connectivity index (χ0v) is 16.6. The molecule has 0 spiro atoms. The highest BCUT2D eigenvalue weighted by atomic mass is 32.2. The van der Waals surface area contributed by atoms with Gasteiger partial charge in [-0.15, -0.1) is 11.3 Å². The van der Waals surface area contributed by atoms with E-state index in [-0.39, 0.29) is 11.2 Å². The molecule has 0 aromatic carbocycles. The minimum absolute atomic E-state index is 0.0765. The largest absolute Gasteiger partial charge is 0.493 e. The summed E-state index contributed by atoms with van der Waals surface area (Å²) in [5.41, 5.74) is -0.0777. The third-order valence-electron chi connectivity index (χ3n) is 4.17. The molecule has 138 valence electrons. The Morgan fingerprint density at radius 1 is 1.36 bits per heavy atom. The fraction of sp³-hybridized carbons (Fsp3) is 0.529. The zero-order chi connectivity index (χ0) is 18.7. The highest BCUT2D eigenvalue weighted by Crippen LogP contribution is 2.31. The summed E-state index contributed by atoms with van der Waals surface area (Å²) in [5, 5.41) is 0.712. The van der Waals surface area contributed by atoms with Crippen LogP contribution in [0, 0.1) is 5.41 Å². The quantitative estimate of drug-likeness (QED) is 0.752. The second kappa shape index (κ2) is 7.70. The summed E-state index contributed by atoms with van der Waals surface area (Å²) >= 11 is 1.15. The first-order chi connectivity index (χ1) is 11.7. The normalized spacial score (nSPS) is 12.3. The van der Waals surface area contributed by atoms with Gasteiger partial charge in [0.25, 0.3) is 5.91 Å². The summed E-state index contributed by atoms with van der Waals surface area (Å²) < 4.78 is 32.1. The Morgan fingerprint density at radius 2 is 2.08 bits per heavy atom. The lowest BCUT2D eigenvalue weighted by Crippen LogP contribution is -2.33. The van der Waals surface area contributed by atoms with Crippen LogP contribution in [-0.2, 0) is 10.0 Å². The number of rotatable bonds is 8. The number of ether oxygens (including phenoxy) is 1. The van der Waals surface area contributed by atoms with Gasteiger partial charge in [-0.25, -0.2) is 18.1 Å². The van der Waals surface area contributed by atoms with Crippen LogP contribution in [0.2, 0.25) is 0 Å². The maximum Gasteiger partial charge on any atom is 0.274 e. The molecule has 2 aromatic heterocycles. The van der Waals surface area contributed by atoms with Gasteiger partial charge >= 0.3 is 0 Å². The summed E-state index contributed by atoms with van der Waals surface area (Å²) in [7, 11) is -3.67. The molecule has 1 amide bonds. The number of aromatic nitrogens is 1. The number of carbonyl (C=O) groups is 1. The summed E-state index contributed by atoms with van der Waals surface area (Å²) in [6, 6.07) is 3.35. The topological polar surface area (TPSA) is 85.4 Å². The van der Waals surface area contributed by atoms with Crippen molar-refractivity contribution in [2.45, 2.75) is 40.5 Å². The van der Waals surface area contributed by atoms with Gasteiger partial charge in [-0.05, 0) is 30.9 Å². The van der Waals surface area contributed by atoms with Crippen molar-refractivity contribution in [1.82, 2.24) is 9.71 Å². The molecular formula is C17H24N2O4S2. The van der Waals surface area contributed by atoms with Crippen LogP contribution in [0.5, 0.6) is 5.75 Å². The molecule has 1 N–H and O–H groups in total. The summed E-state index contributed by atoms with van der Waals surface area (Å²) in [4.78, 5) is 17.5. The van der Waals surface area contributed by atoms with Crippen molar-refractivity contribution in [3.63, 3.8) is 0 Å². The van der Waals surface area contributed by atoms with Crippen LogP contribution in [0.25, 0.3) is 10.2 Å². The molecule has 2 heterocycles. The molecule has 0 aliphatic rings. The fourth-order valence-corrected chi connectivity index (χ4v) is 4.43. The highest BCUT2D eigenvalue weighted by Gasteiger charge is 2.23. The van der Waals surface area contributed by atoms with Crippen LogP contribution < -0.4 is 9.46 Å². The van der Waals surface area contributed by atoms with E-state index in [0.717, 1.165) is 17.8 Å². The first kappa shape index (κ1) is 19.7. The van der Waals surface area contributed by atoms with Crippen molar-refractivity contribution >= 4 is 37.5 Å². The smallest absolute Gasteiger partial charge is 0.274 e. The Labute approximate surface area is 152 Å². The van der Waals surface area contributed by atoms with E-state index in [2.05, 4.69) is 9.71 Å². The number of pyridine rings is 1. The molecule has 0 fully saturated rings. The van der Waals surface area contributed by atoms with Crippen molar-refractivity contribution in [1.29, 1.82) is 0 Å². The monoisotopic (exact) mass is 384 g/mol. The molecule has 0 atom stereocenters. The van der Waals surface area contributed by atoms with E-state index in [9.17, 15) is 13.2 Å². The molecule has 0 radical (unpaired) electrons. The van der Waals surface area contributed by atoms with Gasteiger partial charge in [0.05, 0.1) is 22.6 Å². The van der Waals surface area contributed by atoms with Gasteiger partial charge in [-0.2, -0.15) is 0 Å². The third-order valence-corrected chi connectivity index (χ3v) is 6.45. The predicted molar refractivity (Wildman–Crippen MR) is 101 cm³/mol. The van der Waals surface area contributed by atoms with Crippen LogP contribution in [-0.4, -0.2) is 31.7 Å². The van der Waals surface area contributed by atoms with Crippen LogP contribution in [0.1, 0.15) is 50.2 Å². The number of fused-ring (bicyclic) bond motifs is 1. The SMILES string of the molecule is CCOc1ccnc2sc(C(=O)NS(=O)(=O)CCC(C)(C)CC)cc12. The van der Waals surface area contributed by atoms with Gasteiger partial charge in [0.15, 0.2) is 0 Å². The molecular weight excluding hydrogens is 360 g/mol. The minimum Gasteiger partial charge on any atom is -0.493 e. The average Bonchev–Trinajstić information content (AvgIpc) is 2.99. The second-order valence-corrected chi connectivity index (χ2v) is 9.46. The average molecular weight is 385 g/mol. The van der Waals surface area contributed by atoms with Crippen LogP contribution in [0.15, 0.2) is 18.3 Å². The first-order valence-corrected chi connectivity index (χ1v) is 10.7. The van der Waals surface area contributed by atoms with E-state index in [0.29, 0.717) is 33.9 Å². The minimum atomic E-state index is -3.67. The molecule has 0 aliphatic carbocycles. The van der Waals surface area contributed by atoms with Gasteiger partial charge in [0, 0.05) is 6.20 Å². The number of nitrogens with zero attached hydrogens (tertiary/aromatic N) is 1. The van der Waals surface area contributed by atoms with E-state index in [4.69, 9.17) is 4.74 Å². The summed E-state index contributed by atoms with van der Waals surface area (Å²) in [5.74, 6) is -0.0671. The first-order valence-electron chi connectivity index (χ1n) is 8.23.